The molecule has 0 saturated heterocycles. The Hall–Kier alpha value is -2.37. The summed E-state index contributed by atoms with van der Waals surface area (Å²) in [6.45, 7) is 2.18. The first-order valence-corrected chi connectivity index (χ1v) is 7.86. The second-order valence-corrected chi connectivity index (χ2v) is 5.66. The van der Waals surface area contributed by atoms with Crippen molar-refractivity contribution in [3.8, 4) is 5.75 Å². The van der Waals surface area contributed by atoms with E-state index in [1.54, 1.807) is 24.4 Å². The topological polar surface area (TPSA) is 71.5 Å². The Morgan fingerprint density at radius 2 is 2.25 bits per heavy atom. The highest BCUT2D eigenvalue weighted by Gasteiger charge is 2.06. The molecule has 1 heterocycles. The standard InChI is InChI=1S/C18H19ClN2O3/c1-13-3-2-4-16(9-13)24-12-15(22)11-21-18(23)8-6-14-5-7-17(19)20-10-14/h2-10,15,22H,11-12H2,1H3,(H,21,23)/b8-6+. The number of nitrogens with zero attached hydrogens (tertiary/aromatic N) is 1. The molecular weight excluding hydrogens is 328 g/mol. The van der Waals surface area contributed by atoms with E-state index in [1.807, 2.05) is 31.2 Å². The summed E-state index contributed by atoms with van der Waals surface area (Å²) < 4.78 is 5.48. The van der Waals surface area contributed by atoms with E-state index in [4.69, 9.17) is 16.3 Å². The van der Waals surface area contributed by atoms with Gasteiger partial charge in [0, 0.05) is 18.8 Å². The Balaban J connectivity index is 1.71. The second kappa shape index (κ2) is 9.05. The minimum Gasteiger partial charge on any atom is -0.491 e. The Bertz CT molecular complexity index is 702. The third-order valence-corrected chi connectivity index (χ3v) is 3.34. The van der Waals surface area contributed by atoms with Crippen molar-refractivity contribution in [1.29, 1.82) is 0 Å². The van der Waals surface area contributed by atoms with Crippen LogP contribution in [0.4, 0.5) is 0 Å². The first kappa shape index (κ1) is 18.0. The summed E-state index contributed by atoms with van der Waals surface area (Å²) in [6.07, 6.45) is 3.77. The van der Waals surface area contributed by atoms with Gasteiger partial charge in [0.15, 0.2) is 0 Å². The fraction of sp³-hybridized carbons (Fsp3) is 0.222. The predicted molar refractivity (Wildman–Crippen MR) is 94.0 cm³/mol. The number of amides is 1. The van der Waals surface area contributed by atoms with E-state index in [0.717, 1.165) is 11.1 Å². The SMILES string of the molecule is Cc1cccc(OCC(O)CNC(=O)/C=C/c2ccc(Cl)nc2)c1. The van der Waals surface area contributed by atoms with Gasteiger partial charge in [-0.05, 0) is 42.3 Å². The van der Waals surface area contributed by atoms with Gasteiger partial charge in [-0.1, -0.05) is 29.8 Å². The highest BCUT2D eigenvalue weighted by Crippen LogP contribution is 2.12. The molecule has 1 aromatic carbocycles. The number of aryl methyl sites for hydroxylation is 1. The molecule has 2 rings (SSSR count). The van der Waals surface area contributed by atoms with E-state index in [0.29, 0.717) is 10.9 Å². The zero-order chi connectivity index (χ0) is 17.4. The Morgan fingerprint density at radius 3 is 2.96 bits per heavy atom. The first-order chi connectivity index (χ1) is 11.5. The molecule has 0 aliphatic carbocycles. The zero-order valence-electron chi connectivity index (χ0n) is 13.3. The second-order valence-electron chi connectivity index (χ2n) is 5.27. The monoisotopic (exact) mass is 346 g/mol. The van der Waals surface area contributed by atoms with Crippen molar-refractivity contribution in [1.82, 2.24) is 10.3 Å². The Labute approximate surface area is 145 Å². The van der Waals surface area contributed by atoms with Crippen LogP contribution in [0.25, 0.3) is 6.08 Å². The van der Waals surface area contributed by atoms with Gasteiger partial charge < -0.3 is 15.2 Å². The fourth-order valence-electron chi connectivity index (χ4n) is 1.89. The number of hydrogen-bond acceptors (Lipinski definition) is 4. The van der Waals surface area contributed by atoms with E-state index in [9.17, 15) is 9.90 Å². The molecule has 5 nitrogen and oxygen atoms in total. The van der Waals surface area contributed by atoms with Crippen molar-refractivity contribution >= 4 is 23.6 Å². The maximum Gasteiger partial charge on any atom is 0.244 e. The maximum absolute atomic E-state index is 11.7. The third-order valence-electron chi connectivity index (χ3n) is 3.12. The summed E-state index contributed by atoms with van der Waals surface area (Å²) >= 11 is 5.69. The van der Waals surface area contributed by atoms with Crippen LogP contribution in [-0.2, 0) is 4.79 Å². The summed E-state index contributed by atoms with van der Waals surface area (Å²) in [4.78, 5) is 15.6. The van der Waals surface area contributed by atoms with Gasteiger partial charge in [0.2, 0.25) is 5.91 Å². The average Bonchev–Trinajstić information content (AvgIpc) is 2.57. The van der Waals surface area contributed by atoms with Crippen molar-refractivity contribution in [3.63, 3.8) is 0 Å². The van der Waals surface area contributed by atoms with Crippen molar-refractivity contribution in [2.75, 3.05) is 13.2 Å². The van der Waals surface area contributed by atoms with Gasteiger partial charge in [0.25, 0.3) is 0 Å². The van der Waals surface area contributed by atoms with E-state index >= 15 is 0 Å². The number of aromatic nitrogens is 1. The van der Waals surface area contributed by atoms with E-state index in [1.165, 1.54) is 6.08 Å². The number of rotatable bonds is 7. The Kier molecular flexibility index (Phi) is 6.78. The number of benzene rings is 1. The first-order valence-electron chi connectivity index (χ1n) is 7.48. The van der Waals surface area contributed by atoms with Crippen LogP contribution in [0.1, 0.15) is 11.1 Å². The normalized spacial score (nSPS) is 12.1. The number of aliphatic hydroxyl groups is 1. The molecule has 0 aliphatic heterocycles. The molecule has 0 bridgehead atoms. The number of hydrogen-bond donors (Lipinski definition) is 2. The predicted octanol–water partition coefficient (Wildman–Crippen LogP) is 2.61. The van der Waals surface area contributed by atoms with E-state index in [-0.39, 0.29) is 19.1 Å². The van der Waals surface area contributed by atoms with Gasteiger partial charge in [-0.3, -0.25) is 4.79 Å². The highest BCUT2D eigenvalue weighted by molar-refractivity contribution is 6.29. The average molecular weight is 347 g/mol. The molecular formula is C18H19ClN2O3. The summed E-state index contributed by atoms with van der Waals surface area (Å²) in [5, 5.41) is 12.9. The Morgan fingerprint density at radius 1 is 1.42 bits per heavy atom. The van der Waals surface area contributed by atoms with Crippen LogP contribution in [0.3, 0.4) is 0 Å². The van der Waals surface area contributed by atoms with Crippen molar-refractivity contribution in [3.05, 3.63) is 65.0 Å². The molecule has 1 atom stereocenters. The number of nitrogens with one attached hydrogen (secondary N) is 1. The summed E-state index contributed by atoms with van der Waals surface area (Å²) in [5.41, 5.74) is 1.84. The lowest BCUT2D eigenvalue weighted by Gasteiger charge is -2.13. The minimum absolute atomic E-state index is 0.105. The molecule has 1 aromatic heterocycles. The maximum atomic E-state index is 11.7. The molecule has 0 fully saturated rings. The zero-order valence-corrected chi connectivity index (χ0v) is 14.0. The lowest BCUT2D eigenvalue weighted by Crippen LogP contribution is -2.34. The van der Waals surface area contributed by atoms with Gasteiger partial charge in [0.1, 0.15) is 23.6 Å². The molecule has 1 amide bonds. The van der Waals surface area contributed by atoms with Crippen LogP contribution >= 0.6 is 11.6 Å². The quantitative estimate of drug-likeness (QED) is 0.597. The van der Waals surface area contributed by atoms with Crippen LogP contribution < -0.4 is 10.1 Å². The lowest BCUT2D eigenvalue weighted by molar-refractivity contribution is -0.117. The molecule has 2 aromatic rings. The molecule has 0 saturated carbocycles. The molecule has 0 aliphatic rings. The number of halogens is 1. The number of pyridine rings is 1. The fourth-order valence-corrected chi connectivity index (χ4v) is 2.00. The number of carbonyl (C=O) groups is 1. The molecule has 1 unspecified atom stereocenters. The molecule has 126 valence electrons. The molecule has 24 heavy (non-hydrogen) atoms. The summed E-state index contributed by atoms with van der Waals surface area (Å²) in [7, 11) is 0. The van der Waals surface area contributed by atoms with Crippen molar-refractivity contribution in [2.24, 2.45) is 0 Å². The van der Waals surface area contributed by atoms with Gasteiger partial charge >= 0.3 is 0 Å². The van der Waals surface area contributed by atoms with Crippen LogP contribution in [0.5, 0.6) is 5.75 Å². The van der Waals surface area contributed by atoms with Gasteiger partial charge in [-0.25, -0.2) is 4.98 Å². The van der Waals surface area contributed by atoms with Gasteiger partial charge in [-0.15, -0.1) is 0 Å². The number of carbonyl (C=O) groups excluding carboxylic acids is 1. The van der Waals surface area contributed by atoms with Gasteiger partial charge in [0.05, 0.1) is 0 Å². The van der Waals surface area contributed by atoms with E-state index in [2.05, 4.69) is 10.3 Å². The van der Waals surface area contributed by atoms with E-state index < -0.39 is 6.10 Å². The summed E-state index contributed by atoms with van der Waals surface area (Å²) in [6, 6.07) is 11.0. The molecule has 6 heteroatoms. The largest absolute Gasteiger partial charge is 0.491 e. The smallest absolute Gasteiger partial charge is 0.244 e. The van der Waals surface area contributed by atoms with Crippen molar-refractivity contribution in [2.45, 2.75) is 13.0 Å². The lowest BCUT2D eigenvalue weighted by atomic mass is 10.2. The highest BCUT2D eigenvalue weighted by atomic mass is 35.5. The molecule has 0 spiro atoms. The van der Waals surface area contributed by atoms with Crippen LogP contribution in [0.2, 0.25) is 5.15 Å². The van der Waals surface area contributed by atoms with Crippen LogP contribution in [0, 0.1) is 6.92 Å². The number of aliphatic hydroxyl groups excluding tert-OH is 1. The minimum atomic E-state index is -0.792. The van der Waals surface area contributed by atoms with Crippen molar-refractivity contribution < 1.29 is 14.6 Å². The van der Waals surface area contributed by atoms with Crippen LogP contribution in [-0.4, -0.2) is 35.3 Å². The number of ether oxygens (including phenoxy) is 1. The van der Waals surface area contributed by atoms with Gasteiger partial charge in [-0.2, -0.15) is 0 Å². The molecule has 0 radical (unpaired) electrons. The third kappa shape index (κ3) is 6.40. The van der Waals surface area contributed by atoms with Crippen LogP contribution in [0.15, 0.2) is 48.7 Å². The summed E-state index contributed by atoms with van der Waals surface area (Å²) in [5.74, 6) is 0.384. The molecule has 2 N–H and O–H groups in total.